The highest BCUT2D eigenvalue weighted by atomic mass is 16.5. The summed E-state index contributed by atoms with van der Waals surface area (Å²) in [6.07, 6.45) is 2.75. The number of aryl methyl sites for hydroxylation is 3. The first kappa shape index (κ1) is 9.77. The van der Waals surface area contributed by atoms with Gasteiger partial charge in [-0.1, -0.05) is 18.2 Å². The minimum Gasteiger partial charge on any atom is -0.439 e. The SMILES string of the molecule is Cc1cccc(C)c1Oc1c[c]nn1C. The van der Waals surface area contributed by atoms with Crippen LogP contribution in [0.4, 0.5) is 0 Å². The van der Waals surface area contributed by atoms with Crippen LogP contribution in [0.5, 0.6) is 11.6 Å². The number of aromatic nitrogens is 2. The van der Waals surface area contributed by atoms with Gasteiger partial charge in [0.15, 0.2) is 0 Å². The molecule has 0 N–H and O–H groups in total. The lowest BCUT2D eigenvalue weighted by molar-refractivity contribution is 0.425. The van der Waals surface area contributed by atoms with Crippen molar-refractivity contribution in [1.82, 2.24) is 9.78 Å². The van der Waals surface area contributed by atoms with Gasteiger partial charge in [0.2, 0.25) is 5.88 Å². The van der Waals surface area contributed by atoms with E-state index < -0.39 is 0 Å². The predicted octanol–water partition coefficient (Wildman–Crippen LogP) is 2.63. The lowest BCUT2D eigenvalue weighted by Crippen LogP contribution is -1.97. The molecule has 0 aliphatic rings. The predicted molar refractivity (Wildman–Crippen MR) is 58.0 cm³/mol. The van der Waals surface area contributed by atoms with Crippen LogP contribution in [0, 0.1) is 20.0 Å². The van der Waals surface area contributed by atoms with E-state index in [-0.39, 0.29) is 0 Å². The van der Waals surface area contributed by atoms with Crippen LogP contribution >= 0.6 is 0 Å². The fraction of sp³-hybridized carbons (Fsp3) is 0.250. The number of hydrogen-bond acceptors (Lipinski definition) is 2. The van der Waals surface area contributed by atoms with E-state index in [4.69, 9.17) is 4.74 Å². The lowest BCUT2D eigenvalue weighted by Gasteiger charge is -2.10. The molecule has 1 aromatic carbocycles. The summed E-state index contributed by atoms with van der Waals surface area (Å²) < 4.78 is 7.44. The maximum atomic E-state index is 5.78. The number of para-hydroxylation sites is 1. The van der Waals surface area contributed by atoms with E-state index >= 15 is 0 Å². The maximum absolute atomic E-state index is 5.78. The molecule has 1 radical (unpaired) electrons. The largest absolute Gasteiger partial charge is 0.439 e. The Morgan fingerprint density at radius 1 is 1.27 bits per heavy atom. The molecule has 0 aliphatic carbocycles. The summed E-state index contributed by atoms with van der Waals surface area (Å²) >= 11 is 0. The van der Waals surface area contributed by atoms with E-state index in [1.54, 1.807) is 10.7 Å². The first-order chi connectivity index (χ1) is 7.18. The third-order valence-corrected chi connectivity index (χ3v) is 2.33. The molecule has 77 valence electrons. The monoisotopic (exact) mass is 201 g/mol. The summed E-state index contributed by atoms with van der Waals surface area (Å²) in [4.78, 5) is 0. The van der Waals surface area contributed by atoms with Crippen LogP contribution in [-0.2, 0) is 7.05 Å². The zero-order valence-electron chi connectivity index (χ0n) is 9.11. The van der Waals surface area contributed by atoms with Gasteiger partial charge in [-0.25, -0.2) is 4.68 Å². The molecule has 3 nitrogen and oxygen atoms in total. The van der Waals surface area contributed by atoms with Gasteiger partial charge >= 0.3 is 0 Å². The summed E-state index contributed by atoms with van der Waals surface area (Å²) in [6, 6.07) is 7.81. The highest BCUT2D eigenvalue weighted by Crippen LogP contribution is 2.27. The zero-order chi connectivity index (χ0) is 10.8. The van der Waals surface area contributed by atoms with Crippen molar-refractivity contribution in [3.8, 4) is 11.6 Å². The topological polar surface area (TPSA) is 27.1 Å². The van der Waals surface area contributed by atoms with Crippen LogP contribution in [0.15, 0.2) is 24.3 Å². The van der Waals surface area contributed by atoms with Gasteiger partial charge in [-0.05, 0) is 25.0 Å². The zero-order valence-corrected chi connectivity index (χ0v) is 9.11. The Bertz CT molecular complexity index is 454. The number of nitrogens with zero attached hydrogens (tertiary/aromatic N) is 2. The highest BCUT2D eigenvalue weighted by molar-refractivity contribution is 5.41. The van der Waals surface area contributed by atoms with E-state index in [1.807, 2.05) is 39.1 Å². The first-order valence-corrected chi connectivity index (χ1v) is 4.82. The van der Waals surface area contributed by atoms with Crippen LogP contribution < -0.4 is 4.74 Å². The number of ether oxygens (including phenoxy) is 1. The molecule has 0 aliphatic heterocycles. The van der Waals surface area contributed by atoms with Crippen LogP contribution in [-0.4, -0.2) is 9.78 Å². The highest BCUT2D eigenvalue weighted by Gasteiger charge is 2.06. The second kappa shape index (κ2) is 3.77. The van der Waals surface area contributed by atoms with Crippen LogP contribution in [0.25, 0.3) is 0 Å². The van der Waals surface area contributed by atoms with Crippen molar-refractivity contribution in [2.45, 2.75) is 13.8 Å². The molecule has 0 saturated heterocycles. The van der Waals surface area contributed by atoms with E-state index in [2.05, 4.69) is 11.3 Å². The molecule has 0 unspecified atom stereocenters. The summed E-state index contributed by atoms with van der Waals surface area (Å²) in [5.41, 5.74) is 2.24. The van der Waals surface area contributed by atoms with Gasteiger partial charge in [0.1, 0.15) is 11.9 Å². The molecule has 0 fully saturated rings. The Labute approximate surface area is 89.3 Å². The average molecular weight is 201 g/mol. The average Bonchev–Trinajstić information content (AvgIpc) is 2.58. The Morgan fingerprint density at radius 2 is 1.93 bits per heavy atom. The molecule has 0 spiro atoms. The van der Waals surface area contributed by atoms with Gasteiger partial charge in [0.05, 0.1) is 0 Å². The standard InChI is InChI=1S/C12H13N2O/c1-9-5-4-6-10(2)12(9)15-11-7-8-13-14(11)3/h4-7H,1-3H3. The van der Waals surface area contributed by atoms with Crippen molar-refractivity contribution >= 4 is 0 Å². The molecule has 0 amide bonds. The van der Waals surface area contributed by atoms with Crippen molar-refractivity contribution in [2.75, 3.05) is 0 Å². The van der Waals surface area contributed by atoms with E-state index in [1.165, 1.54) is 0 Å². The van der Waals surface area contributed by atoms with Crippen molar-refractivity contribution in [1.29, 1.82) is 0 Å². The first-order valence-electron chi connectivity index (χ1n) is 4.82. The molecular formula is C12H13N2O. The van der Waals surface area contributed by atoms with Gasteiger partial charge in [-0.15, -0.1) is 0 Å². The fourth-order valence-electron chi connectivity index (χ4n) is 1.47. The van der Waals surface area contributed by atoms with Crippen LogP contribution in [0.2, 0.25) is 0 Å². The quantitative estimate of drug-likeness (QED) is 0.746. The van der Waals surface area contributed by atoms with E-state index in [0.29, 0.717) is 5.88 Å². The van der Waals surface area contributed by atoms with Crippen molar-refractivity contribution < 1.29 is 4.74 Å². The van der Waals surface area contributed by atoms with Gasteiger partial charge in [0.25, 0.3) is 0 Å². The minimum absolute atomic E-state index is 0.701. The summed E-state index contributed by atoms with van der Waals surface area (Å²) in [6.45, 7) is 4.06. The van der Waals surface area contributed by atoms with Gasteiger partial charge in [0, 0.05) is 13.1 Å². The van der Waals surface area contributed by atoms with Crippen molar-refractivity contribution in [3.63, 3.8) is 0 Å². The third-order valence-electron chi connectivity index (χ3n) is 2.33. The smallest absolute Gasteiger partial charge is 0.218 e. The molecule has 15 heavy (non-hydrogen) atoms. The lowest BCUT2D eigenvalue weighted by atomic mass is 10.1. The number of rotatable bonds is 2. The van der Waals surface area contributed by atoms with Gasteiger partial charge < -0.3 is 4.74 Å². The molecule has 2 rings (SSSR count). The molecule has 1 heterocycles. The third kappa shape index (κ3) is 1.86. The molecule has 0 bridgehead atoms. The maximum Gasteiger partial charge on any atom is 0.218 e. The fourth-order valence-corrected chi connectivity index (χ4v) is 1.47. The Balaban J connectivity index is 2.36. The van der Waals surface area contributed by atoms with Crippen molar-refractivity contribution in [3.05, 3.63) is 41.6 Å². The summed E-state index contributed by atoms with van der Waals surface area (Å²) in [5.74, 6) is 1.60. The Morgan fingerprint density at radius 3 is 2.47 bits per heavy atom. The van der Waals surface area contributed by atoms with Crippen LogP contribution in [0.3, 0.4) is 0 Å². The second-order valence-electron chi connectivity index (χ2n) is 3.56. The summed E-state index contributed by atoms with van der Waals surface area (Å²) in [5, 5.41) is 3.94. The molecule has 0 atom stereocenters. The minimum atomic E-state index is 0.701. The summed E-state index contributed by atoms with van der Waals surface area (Å²) in [7, 11) is 1.83. The number of benzene rings is 1. The van der Waals surface area contributed by atoms with Crippen LogP contribution in [0.1, 0.15) is 11.1 Å². The van der Waals surface area contributed by atoms with Gasteiger partial charge in [-0.2, -0.15) is 5.10 Å². The molecular weight excluding hydrogens is 188 g/mol. The normalized spacial score (nSPS) is 10.3. The number of hydrogen-bond donors (Lipinski definition) is 0. The second-order valence-corrected chi connectivity index (χ2v) is 3.56. The van der Waals surface area contributed by atoms with E-state index in [0.717, 1.165) is 16.9 Å². The molecule has 2 aromatic rings. The molecule has 1 aromatic heterocycles. The molecule has 3 heteroatoms. The Hall–Kier alpha value is -1.77. The van der Waals surface area contributed by atoms with Gasteiger partial charge in [-0.3, -0.25) is 0 Å². The Kier molecular flexibility index (Phi) is 2.46. The molecule has 0 saturated carbocycles. The van der Waals surface area contributed by atoms with Crippen molar-refractivity contribution in [2.24, 2.45) is 7.05 Å². The van der Waals surface area contributed by atoms with E-state index in [9.17, 15) is 0 Å².